The minimum atomic E-state index is -0.417. The molecule has 0 amide bonds. The largest absolute Gasteiger partial charge is 0.314 e. The number of hydrogen-bond acceptors (Lipinski definition) is 4. The van der Waals surface area contributed by atoms with E-state index in [-0.39, 0.29) is 36.5 Å². The van der Waals surface area contributed by atoms with Crippen LogP contribution in [0.1, 0.15) is 31.4 Å². The molecular formula is C14H22Cl2FN3O2. The predicted octanol–water partition coefficient (Wildman–Crippen LogP) is 3.32. The zero-order valence-corrected chi connectivity index (χ0v) is 14.1. The number of benzene rings is 1. The predicted molar refractivity (Wildman–Crippen MR) is 89.6 cm³/mol. The summed E-state index contributed by atoms with van der Waals surface area (Å²) in [4.78, 5) is 13.0. The number of hydrogen-bond donors (Lipinski definition) is 1. The van der Waals surface area contributed by atoms with Crippen molar-refractivity contribution in [3.05, 3.63) is 39.7 Å². The van der Waals surface area contributed by atoms with Crippen molar-refractivity contribution in [1.82, 2.24) is 10.2 Å². The third-order valence-corrected chi connectivity index (χ3v) is 3.70. The van der Waals surface area contributed by atoms with Crippen molar-refractivity contribution >= 4 is 30.5 Å². The van der Waals surface area contributed by atoms with Crippen LogP contribution in [0.3, 0.4) is 0 Å². The lowest BCUT2D eigenvalue weighted by molar-refractivity contribution is -0.386. The van der Waals surface area contributed by atoms with Crippen LogP contribution in [0.4, 0.5) is 10.1 Å². The molecule has 8 heteroatoms. The summed E-state index contributed by atoms with van der Waals surface area (Å²) in [7, 11) is 0. The molecule has 0 unspecified atom stereocenters. The molecule has 1 aromatic rings. The highest BCUT2D eigenvalue weighted by molar-refractivity contribution is 5.85. The fourth-order valence-corrected chi connectivity index (χ4v) is 2.76. The van der Waals surface area contributed by atoms with Gasteiger partial charge >= 0.3 is 0 Å². The molecule has 1 fully saturated rings. The van der Waals surface area contributed by atoms with E-state index in [9.17, 15) is 14.5 Å². The Bertz CT molecular complexity index is 485. The van der Waals surface area contributed by atoms with E-state index in [0.29, 0.717) is 5.56 Å². The SMILES string of the molecule is CCC[C@@H](c1cc(F)ccc1[N+](=O)[O-])N1CCNCC1.Cl.Cl. The molecule has 5 nitrogen and oxygen atoms in total. The number of nitrogens with one attached hydrogen (secondary N) is 1. The van der Waals surface area contributed by atoms with E-state index < -0.39 is 10.7 Å². The quantitative estimate of drug-likeness (QED) is 0.651. The van der Waals surface area contributed by atoms with Gasteiger partial charge in [-0.05, 0) is 18.6 Å². The highest BCUT2D eigenvalue weighted by Gasteiger charge is 2.28. The van der Waals surface area contributed by atoms with Gasteiger partial charge < -0.3 is 5.32 Å². The summed E-state index contributed by atoms with van der Waals surface area (Å²) >= 11 is 0. The van der Waals surface area contributed by atoms with Crippen molar-refractivity contribution in [2.75, 3.05) is 26.2 Å². The summed E-state index contributed by atoms with van der Waals surface area (Å²) in [6, 6.07) is 3.66. The Hall–Kier alpha value is -0.950. The first-order valence-electron chi connectivity index (χ1n) is 7.02. The van der Waals surface area contributed by atoms with E-state index in [4.69, 9.17) is 0 Å². The lowest BCUT2D eigenvalue weighted by atomic mass is 9.98. The van der Waals surface area contributed by atoms with Crippen LogP contribution in [0.5, 0.6) is 0 Å². The Balaban J connectivity index is 0.00000220. The van der Waals surface area contributed by atoms with Crippen molar-refractivity contribution in [1.29, 1.82) is 0 Å². The summed E-state index contributed by atoms with van der Waals surface area (Å²) in [5, 5.41) is 14.4. The minimum absolute atomic E-state index is 0. The third kappa shape index (κ3) is 5.05. The van der Waals surface area contributed by atoms with Gasteiger partial charge in [0.1, 0.15) is 5.82 Å². The van der Waals surface area contributed by atoms with Crippen molar-refractivity contribution in [3.63, 3.8) is 0 Å². The number of rotatable bonds is 5. The molecule has 2 rings (SSSR count). The van der Waals surface area contributed by atoms with Crippen LogP contribution >= 0.6 is 24.8 Å². The summed E-state index contributed by atoms with van der Waals surface area (Å²) in [6.45, 7) is 5.43. The Kier molecular flexibility index (Phi) is 9.51. The zero-order valence-electron chi connectivity index (χ0n) is 12.5. The fourth-order valence-electron chi connectivity index (χ4n) is 2.76. The minimum Gasteiger partial charge on any atom is -0.314 e. The van der Waals surface area contributed by atoms with E-state index >= 15 is 0 Å². The Labute approximate surface area is 142 Å². The smallest absolute Gasteiger partial charge is 0.274 e. The van der Waals surface area contributed by atoms with Crippen LogP contribution in [0, 0.1) is 15.9 Å². The standard InChI is InChI=1S/C14H20FN3O2.2ClH/c1-2-3-13(17-8-6-16-7-9-17)12-10-11(15)4-5-14(12)18(19)20;;/h4-5,10,13,16H,2-3,6-9H2,1H3;2*1H/t13-;;/m0../s1. The van der Waals surface area contributed by atoms with Gasteiger partial charge in [0.15, 0.2) is 0 Å². The maximum atomic E-state index is 13.5. The molecule has 126 valence electrons. The van der Waals surface area contributed by atoms with Crippen LogP contribution < -0.4 is 5.32 Å². The summed E-state index contributed by atoms with van der Waals surface area (Å²) in [5.74, 6) is -0.415. The molecule has 1 N–H and O–H groups in total. The summed E-state index contributed by atoms with van der Waals surface area (Å²) in [6.07, 6.45) is 1.70. The number of nitrogens with zero attached hydrogens (tertiary/aromatic N) is 2. The summed E-state index contributed by atoms with van der Waals surface area (Å²) in [5.41, 5.74) is 0.516. The average Bonchev–Trinajstić information content (AvgIpc) is 2.45. The molecule has 0 radical (unpaired) electrons. The highest BCUT2D eigenvalue weighted by atomic mass is 35.5. The van der Waals surface area contributed by atoms with Gasteiger partial charge in [0.25, 0.3) is 5.69 Å². The highest BCUT2D eigenvalue weighted by Crippen LogP contribution is 2.33. The van der Waals surface area contributed by atoms with Gasteiger partial charge in [-0.1, -0.05) is 13.3 Å². The molecule has 1 saturated heterocycles. The van der Waals surface area contributed by atoms with Crippen LogP contribution in [0.2, 0.25) is 0 Å². The van der Waals surface area contributed by atoms with Crippen molar-refractivity contribution in [2.45, 2.75) is 25.8 Å². The lowest BCUT2D eigenvalue weighted by Crippen LogP contribution is -2.45. The maximum absolute atomic E-state index is 13.5. The van der Waals surface area contributed by atoms with Crippen LogP contribution in [-0.4, -0.2) is 36.0 Å². The Morgan fingerprint density at radius 2 is 2.00 bits per heavy atom. The van der Waals surface area contributed by atoms with E-state index in [1.165, 1.54) is 12.1 Å². The first-order chi connectivity index (χ1) is 9.63. The molecule has 1 aliphatic heterocycles. The van der Waals surface area contributed by atoms with Gasteiger partial charge in [0, 0.05) is 43.9 Å². The molecule has 0 bridgehead atoms. The van der Waals surface area contributed by atoms with Gasteiger partial charge in [-0.2, -0.15) is 0 Å². The second-order valence-corrected chi connectivity index (χ2v) is 5.05. The molecule has 1 aliphatic rings. The Morgan fingerprint density at radius 1 is 1.36 bits per heavy atom. The monoisotopic (exact) mass is 353 g/mol. The first-order valence-corrected chi connectivity index (χ1v) is 7.02. The molecule has 1 aromatic carbocycles. The van der Waals surface area contributed by atoms with E-state index in [1.807, 2.05) is 6.92 Å². The maximum Gasteiger partial charge on any atom is 0.274 e. The Morgan fingerprint density at radius 3 is 2.55 bits per heavy atom. The van der Waals surface area contributed by atoms with E-state index in [2.05, 4.69) is 10.2 Å². The van der Waals surface area contributed by atoms with Gasteiger partial charge in [-0.25, -0.2) is 4.39 Å². The van der Waals surface area contributed by atoms with Crippen LogP contribution in [0.25, 0.3) is 0 Å². The second-order valence-electron chi connectivity index (χ2n) is 5.05. The molecular weight excluding hydrogens is 332 g/mol. The number of piperazine rings is 1. The van der Waals surface area contributed by atoms with Crippen LogP contribution in [-0.2, 0) is 0 Å². The van der Waals surface area contributed by atoms with Crippen molar-refractivity contribution < 1.29 is 9.31 Å². The zero-order chi connectivity index (χ0) is 14.5. The number of nitro groups is 1. The molecule has 0 spiro atoms. The molecule has 0 aliphatic carbocycles. The number of nitro benzene ring substituents is 1. The van der Waals surface area contributed by atoms with E-state index in [1.54, 1.807) is 0 Å². The van der Waals surface area contributed by atoms with Gasteiger partial charge in [-0.3, -0.25) is 15.0 Å². The van der Waals surface area contributed by atoms with E-state index in [0.717, 1.165) is 45.1 Å². The third-order valence-electron chi connectivity index (χ3n) is 3.70. The van der Waals surface area contributed by atoms with Crippen molar-refractivity contribution in [2.24, 2.45) is 0 Å². The van der Waals surface area contributed by atoms with Crippen molar-refractivity contribution in [3.8, 4) is 0 Å². The average molecular weight is 354 g/mol. The number of halogens is 3. The van der Waals surface area contributed by atoms with Gasteiger partial charge in [0.2, 0.25) is 0 Å². The molecule has 0 saturated carbocycles. The van der Waals surface area contributed by atoms with Gasteiger partial charge in [0.05, 0.1) is 4.92 Å². The normalized spacial score (nSPS) is 16.3. The fraction of sp³-hybridized carbons (Fsp3) is 0.571. The summed E-state index contributed by atoms with van der Waals surface area (Å²) < 4.78 is 13.5. The molecule has 0 aromatic heterocycles. The first kappa shape index (κ1) is 21.0. The topological polar surface area (TPSA) is 58.4 Å². The molecule has 1 heterocycles. The second kappa shape index (κ2) is 9.94. The van der Waals surface area contributed by atoms with Crippen LogP contribution in [0.15, 0.2) is 18.2 Å². The molecule has 1 atom stereocenters. The lowest BCUT2D eigenvalue weighted by Gasteiger charge is -2.35. The van der Waals surface area contributed by atoms with Gasteiger partial charge in [-0.15, -0.1) is 24.8 Å². The molecule has 22 heavy (non-hydrogen) atoms.